The second kappa shape index (κ2) is 4.33. The lowest BCUT2D eigenvalue weighted by molar-refractivity contribution is -0.385. The maximum atomic E-state index is 10.8. The summed E-state index contributed by atoms with van der Waals surface area (Å²) < 4.78 is 6.95. The highest BCUT2D eigenvalue weighted by atomic mass is 16.6. The van der Waals surface area contributed by atoms with Crippen LogP contribution in [0, 0.1) is 17.0 Å². The third-order valence-electron chi connectivity index (χ3n) is 3.79. The second-order valence-corrected chi connectivity index (χ2v) is 4.97. The quantitative estimate of drug-likeness (QED) is 0.586. The van der Waals surface area contributed by atoms with Crippen LogP contribution in [0.3, 0.4) is 0 Å². The molecule has 0 radical (unpaired) electrons. The van der Waals surface area contributed by atoms with E-state index in [1.165, 1.54) is 0 Å². The number of hydrogen-bond acceptors (Lipinski definition) is 5. The predicted octanol–water partition coefficient (Wildman–Crippen LogP) is 0.745. The van der Waals surface area contributed by atoms with E-state index in [0.717, 1.165) is 32.7 Å². The Kier molecular flexibility index (Phi) is 2.79. The van der Waals surface area contributed by atoms with Gasteiger partial charge in [-0.3, -0.25) is 19.7 Å². The highest BCUT2D eigenvalue weighted by Crippen LogP contribution is 2.27. The molecule has 18 heavy (non-hydrogen) atoms. The number of hydrogen-bond donors (Lipinski definition) is 0. The van der Waals surface area contributed by atoms with Crippen molar-refractivity contribution >= 4 is 5.69 Å². The van der Waals surface area contributed by atoms with Crippen molar-refractivity contribution in [3.05, 3.63) is 22.0 Å². The number of ether oxygens (including phenoxy) is 1. The Hall–Kier alpha value is -1.47. The summed E-state index contributed by atoms with van der Waals surface area (Å²) in [5.74, 6) is 0. The third-order valence-corrected chi connectivity index (χ3v) is 3.79. The van der Waals surface area contributed by atoms with Gasteiger partial charge in [-0.2, -0.15) is 5.10 Å². The summed E-state index contributed by atoms with van der Waals surface area (Å²) >= 11 is 0. The molecule has 2 fully saturated rings. The molecule has 0 bridgehead atoms. The van der Waals surface area contributed by atoms with Gasteiger partial charge in [-0.15, -0.1) is 0 Å². The summed E-state index contributed by atoms with van der Waals surface area (Å²) in [5.41, 5.74) is 0.603. The lowest BCUT2D eigenvalue weighted by atomic mass is 10.2. The van der Waals surface area contributed by atoms with Crippen LogP contribution in [0.1, 0.15) is 18.2 Å². The van der Waals surface area contributed by atoms with Crippen molar-refractivity contribution < 1.29 is 9.66 Å². The molecule has 3 rings (SSSR count). The number of nitro groups is 1. The van der Waals surface area contributed by atoms with E-state index in [-0.39, 0.29) is 16.7 Å². The highest BCUT2D eigenvalue weighted by Gasteiger charge is 2.34. The second-order valence-electron chi connectivity index (χ2n) is 4.97. The van der Waals surface area contributed by atoms with Crippen LogP contribution in [0.4, 0.5) is 5.69 Å². The first-order valence-electron chi connectivity index (χ1n) is 6.17. The van der Waals surface area contributed by atoms with E-state index in [9.17, 15) is 10.1 Å². The number of nitrogens with zero attached hydrogens (tertiary/aromatic N) is 4. The van der Waals surface area contributed by atoms with Gasteiger partial charge in [0.1, 0.15) is 11.9 Å². The van der Waals surface area contributed by atoms with Crippen molar-refractivity contribution in [2.45, 2.75) is 25.4 Å². The van der Waals surface area contributed by atoms with Gasteiger partial charge < -0.3 is 4.74 Å². The van der Waals surface area contributed by atoms with E-state index in [0.29, 0.717) is 11.7 Å². The van der Waals surface area contributed by atoms with Gasteiger partial charge in [0.15, 0.2) is 0 Å². The zero-order valence-electron chi connectivity index (χ0n) is 10.3. The van der Waals surface area contributed by atoms with Crippen molar-refractivity contribution in [2.75, 3.05) is 26.3 Å². The van der Waals surface area contributed by atoms with Gasteiger partial charge >= 0.3 is 5.69 Å². The monoisotopic (exact) mass is 252 g/mol. The normalized spacial score (nSPS) is 25.3. The Labute approximate surface area is 104 Å². The average molecular weight is 252 g/mol. The van der Waals surface area contributed by atoms with Gasteiger partial charge in [0.05, 0.1) is 30.2 Å². The van der Waals surface area contributed by atoms with E-state index < -0.39 is 0 Å². The fraction of sp³-hybridized carbons (Fsp3) is 0.727. The third kappa shape index (κ3) is 1.89. The van der Waals surface area contributed by atoms with E-state index >= 15 is 0 Å². The van der Waals surface area contributed by atoms with Gasteiger partial charge in [0, 0.05) is 13.1 Å². The molecule has 0 saturated carbocycles. The summed E-state index contributed by atoms with van der Waals surface area (Å²) in [6.45, 7) is 5.23. The molecule has 98 valence electrons. The van der Waals surface area contributed by atoms with Crippen LogP contribution in [0.2, 0.25) is 0 Å². The zero-order chi connectivity index (χ0) is 12.7. The van der Waals surface area contributed by atoms with Crippen molar-refractivity contribution in [2.24, 2.45) is 0 Å². The molecule has 2 aliphatic heterocycles. The van der Waals surface area contributed by atoms with Crippen LogP contribution in [-0.2, 0) is 4.74 Å². The topological polar surface area (TPSA) is 73.4 Å². The minimum Gasteiger partial charge on any atom is -0.378 e. The van der Waals surface area contributed by atoms with E-state index in [4.69, 9.17) is 4.74 Å². The van der Waals surface area contributed by atoms with E-state index in [1.807, 2.05) is 0 Å². The Morgan fingerprint density at radius 3 is 2.83 bits per heavy atom. The summed E-state index contributed by atoms with van der Waals surface area (Å²) in [7, 11) is 0. The molecule has 0 spiro atoms. The molecule has 0 amide bonds. The van der Waals surface area contributed by atoms with Gasteiger partial charge in [0.25, 0.3) is 0 Å². The average Bonchev–Trinajstić information content (AvgIpc) is 2.82. The maximum Gasteiger partial charge on any atom is 0.309 e. The predicted molar refractivity (Wildman–Crippen MR) is 63.5 cm³/mol. The van der Waals surface area contributed by atoms with Gasteiger partial charge in [-0.25, -0.2) is 0 Å². The minimum atomic E-state index is -0.370. The maximum absolute atomic E-state index is 10.8. The van der Waals surface area contributed by atoms with Crippen LogP contribution in [0.25, 0.3) is 0 Å². The minimum absolute atomic E-state index is 0.112. The lowest BCUT2D eigenvalue weighted by Crippen LogP contribution is -2.47. The molecule has 1 unspecified atom stereocenters. The molecule has 2 saturated heterocycles. The standard InChI is InChI=1S/C11H16N4O3/c1-8-11(15(16)17)5-14(12-8)9-2-3-13(4-9)10-6-18-7-10/h5,9-10H,2-4,6-7H2,1H3. The molecular formula is C11H16N4O3. The highest BCUT2D eigenvalue weighted by molar-refractivity contribution is 5.31. The molecule has 1 aromatic heterocycles. The van der Waals surface area contributed by atoms with Crippen LogP contribution in [0.5, 0.6) is 0 Å². The first kappa shape index (κ1) is 11.6. The van der Waals surface area contributed by atoms with Gasteiger partial charge in [-0.1, -0.05) is 0 Å². The largest absolute Gasteiger partial charge is 0.378 e. The van der Waals surface area contributed by atoms with Gasteiger partial charge in [-0.05, 0) is 13.3 Å². The van der Waals surface area contributed by atoms with Crippen LogP contribution >= 0.6 is 0 Å². The molecular weight excluding hydrogens is 236 g/mol. The van der Waals surface area contributed by atoms with Crippen molar-refractivity contribution in [1.82, 2.24) is 14.7 Å². The number of likely N-dealkylation sites (tertiary alicyclic amines) is 1. The lowest BCUT2D eigenvalue weighted by Gasteiger charge is -2.34. The molecule has 7 heteroatoms. The fourth-order valence-electron chi connectivity index (χ4n) is 2.59. The number of aromatic nitrogens is 2. The Balaban J connectivity index is 1.72. The van der Waals surface area contributed by atoms with Gasteiger partial charge in [0.2, 0.25) is 0 Å². The van der Waals surface area contributed by atoms with Crippen LogP contribution in [0.15, 0.2) is 6.20 Å². The molecule has 1 aromatic rings. The Morgan fingerprint density at radius 2 is 2.28 bits per heavy atom. The van der Waals surface area contributed by atoms with E-state index in [2.05, 4.69) is 10.00 Å². The van der Waals surface area contributed by atoms with Crippen molar-refractivity contribution in [1.29, 1.82) is 0 Å². The summed E-state index contributed by atoms with van der Waals surface area (Å²) in [6, 6.07) is 0.777. The molecule has 3 heterocycles. The molecule has 7 nitrogen and oxygen atoms in total. The Morgan fingerprint density at radius 1 is 1.50 bits per heavy atom. The first-order valence-corrected chi connectivity index (χ1v) is 6.17. The Bertz CT molecular complexity index is 469. The van der Waals surface area contributed by atoms with Crippen molar-refractivity contribution in [3.8, 4) is 0 Å². The number of aryl methyl sites for hydroxylation is 1. The molecule has 1 atom stereocenters. The summed E-state index contributed by atoms with van der Waals surface area (Å²) in [4.78, 5) is 12.8. The first-order chi connectivity index (χ1) is 8.65. The smallest absolute Gasteiger partial charge is 0.309 e. The summed E-state index contributed by atoms with van der Waals surface area (Å²) in [6.07, 6.45) is 2.55. The van der Waals surface area contributed by atoms with Crippen molar-refractivity contribution in [3.63, 3.8) is 0 Å². The summed E-state index contributed by atoms with van der Waals surface area (Å²) in [5, 5.41) is 15.1. The van der Waals surface area contributed by atoms with Crippen LogP contribution < -0.4 is 0 Å². The van der Waals surface area contributed by atoms with E-state index in [1.54, 1.807) is 17.8 Å². The molecule has 0 N–H and O–H groups in total. The molecule has 2 aliphatic rings. The fourth-order valence-corrected chi connectivity index (χ4v) is 2.59. The molecule has 0 aromatic carbocycles. The SMILES string of the molecule is Cc1nn(C2CCN(C3COC3)C2)cc1[N+](=O)[O-]. The number of rotatable bonds is 3. The zero-order valence-corrected chi connectivity index (χ0v) is 10.3. The van der Waals surface area contributed by atoms with Crippen LogP contribution in [-0.4, -0.2) is 51.9 Å². The molecule has 0 aliphatic carbocycles.